The normalized spacial score (nSPS) is 22.9. The molecule has 1 aromatic rings. The first-order valence-electron chi connectivity index (χ1n) is 6.13. The van der Waals surface area contributed by atoms with E-state index in [1.807, 2.05) is 0 Å². The molecule has 0 bridgehead atoms. The SMILES string of the molecule is Nc1cc(Cl)ccc1N1N=C2CCCCC2C1=O. The average molecular weight is 264 g/mol. The van der Waals surface area contributed by atoms with E-state index in [1.54, 1.807) is 18.2 Å². The van der Waals surface area contributed by atoms with Gasteiger partial charge >= 0.3 is 0 Å². The first kappa shape index (κ1) is 11.5. The van der Waals surface area contributed by atoms with Crippen LogP contribution in [0, 0.1) is 5.92 Å². The quantitative estimate of drug-likeness (QED) is 0.792. The van der Waals surface area contributed by atoms with E-state index in [1.165, 1.54) is 5.01 Å². The highest BCUT2D eigenvalue weighted by atomic mass is 35.5. The molecule has 1 atom stereocenters. The number of hydrazone groups is 1. The fourth-order valence-electron chi connectivity index (χ4n) is 2.60. The monoisotopic (exact) mass is 263 g/mol. The Morgan fingerprint density at radius 2 is 2.22 bits per heavy atom. The smallest absolute Gasteiger partial charge is 0.256 e. The number of nitrogens with zero attached hydrogens (tertiary/aromatic N) is 2. The lowest BCUT2D eigenvalue weighted by atomic mass is 9.87. The zero-order chi connectivity index (χ0) is 12.7. The lowest BCUT2D eigenvalue weighted by Gasteiger charge is -2.17. The lowest BCUT2D eigenvalue weighted by molar-refractivity contribution is -0.120. The van der Waals surface area contributed by atoms with Crippen molar-refractivity contribution < 1.29 is 4.79 Å². The second-order valence-corrected chi connectivity index (χ2v) is 5.18. The van der Waals surface area contributed by atoms with E-state index < -0.39 is 0 Å². The highest BCUT2D eigenvalue weighted by Gasteiger charge is 2.38. The number of fused-ring (bicyclic) bond motifs is 1. The Balaban J connectivity index is 1.97. The summed E-state index contributed by atoms with van der Waals surface area (Å²) in [6.45, 7) is 0. The molecule has 1 aliphatic heterocycles. The van der Waals surface area contributed by atoms with Crippen LogP contribution in [0.4, 0.5) is 11.4 Å². The van der Waals surface area contributed by atoms with Crippen LogP contribution in [0.3, 0.4) is 0 Å². The molecular weight excluding hydrogens is 250 g/mol. The zero-order valence-electron chi connectivity index (χ0n) is 9.90. The van der Waals surface area contributed by atoms with Crippen LogP contribution in [0.5, 0.6) is 0 Å². The third-order valence-electron chi connectivity index (χ3n) is 3.53. The van der Waals surface area contributed by atoms with Crippen LogP contribution in [-0.2, 0) is 4.79 Å². The highest BCUT2D eigenvalue weighted by Crippen LogP contribution is 2.35. The Labute approximate surface area is 110 Å². The summed E-state index contributed by atoms with van der Waals surface area (Å²) in [5, 5.41) is 6.43. The van der Waals surface area contributed by atoms with Gasteiger partial charge in [-0.3, -0.25) is 4.79 Å². The Morgan fingerprint density at radius 3 is 2.94 bits per heavy atom. The molecule has 2 aliphatic rings. The fourth-order valence-corrected chi connectivity index (χ4v) is 2.78. The van der Waals surface area contributed by atoms with Crippen LogP contribution in [-0.4, -0.2) is 11.6 Å². The summed E-state index contributed by atoms with van der Waals surface area (Å²) in [6.07, 6.45) is 4.04. The molecule has 18 heavy (non-hydrogen) atoms. The van der Waals surface area contributed by atoms with E-state index in [-0.39, 0.29) is 11.8 Å². The summed E-state index contributed by atoms with van der Waals surface area (Å²) in [5.74, 6) is 0.00699. The van der Waals surface area contributed by atoms with Crippen LogP contribution in [0.2, 0.25) is 5.02 Å². The highest BCUT2D eigenvalue weighted by molar-refractivity contribution is 6.31. The number of hydrogen-bond acceptors (Lipinski definition) is 3. The molecule has 0 aromatic heterocycles. The summed E-state index contributed by atoms with van der Waals surface area (Å²) < 4.78 is 0. The Hall–Kier alpha value is -1.55. The summed E-state index contributed by atoms with van der Waals surface area (Å²) in [5.41, 5.74) is 8.02. The summed E-state index contributed by atoms with van der Waals surface area (Å²) in [6, 6.07) is 5.12. The van der Waals surface area contributed by atoms with Crippen molar-refractivity contribution in [3.63, 3.8) is 0 Å². The average Bonchev–Trinajstić information content (AvgIpc) is 2.68. The van der Waals surface area contributed by atoms with Gasteiger partial charge in [0.2, 0.25) is 0 Å². The molecule has 1 fully saturated rings. The molecule has 2 N–H and O–H groups in total. The van der Waals surface area contributed by atoms with E-state index in [0.29, 0.717) is 16.4 Å². The lowest BCUT2D eigenvalue weighted by Crippen LogP contribution is -2.29. The zero-order valence-corrected chi connectivity index (χ0v) is 10.7. The minimum atomic E-state index is -0.0335. The van der Waals surface area contributed by atoms with E-state index >= 15 is 0 Å². The Kier molecular flexibility index (Phi) is 2.74. The van der Waals surface area contributed by atoms with E-state index in [2.05, 4.69) is 5.10 Å². The van der Waals surface area contributed by atoms with Gasteiger partial charge < -0.3 is 5.73 Å². The van der Waals surface area contributed by atoms with Gasteiger partial charge in [-0.15, -0.1) is 0 Å². The van der Waals surface area contributed by atoms with Crippen molar-refractivity contribution in [3.8, 4) is 0 Å². The van der Waals surface area contributed by atoms with Gasteiger partial charge in [0, 0.05) is 5.02 Å². The van der Waals surface area contributed by atoms with Gasteiger partial charge in [0.05, 0.1) is 23.0 Å². The molecule has 1 heterocycles. The number of benzene rings is 1. The maximum absolute atomic E-state index is 12.3. The van der Waals surface area contributed by atoms with Gasteiger partial charge in [0.25, 0.3) is 5.91 Å². The van der Waals surface area contributed by atoms with Gasteiger partial charge in [-0.2, -0.15) is 10.1 Å². The molecule has 1 aliphatic carbocycles. The van der Waals surface area contributed by atoms with Crippen LogP contribution in [0.1, 0.15) is 25.7 Å². The van der Waals surface area contributed by atoms with Crippen molar-refractivity contribution in [2.24, 2.45) is 11.0 Å². The number of amides is 1. The van der Waals surface area contributed by atoms with Crippen LogP contribution < -0.4 is 10.7 Å². The summed E-state index contributed by atoms with van der Waals surface area (Å²) in [4.78, 5) is 12.3. The number of carbonyl (C=O) groups excluding carboxylic acids is 1. The van der Waals surface area contributed by atoms with E-state index in [4.69, 9.17) is 17.3 Å². The molecule has 1 amide bonds. The van der Waals surface area contributed by atoms with Crippen molar-refractivity contribution >= 4 is 34.6 Å². The number of nitrogens with two attached hydrogens (primary N) is 1. The van der Waals surface area contributed by atoms with Gasteiger partial charge in [-0.1, -0.05) is 18.0 Å². The van der Waals surface area contributed by atoms with Crippen molar-refractivity contribution in [1.82, 2.24) is 0 Å². The molecule has 1 saturated carbocycles. The predicted molar refractivity (Wildman–Crippen MR) is 72.7 cm³/mol. The van der Waals surface area contributed by atoms with Crippen LogP contribution in [0.15, 0.2) is 23.3 Å². The van der Waals surface area contributed by atoms with E-state index in [0.717, 1.165) is 31.4 Å². The first-order chi connectivity index (χ1) is 8.66. The molecule has 1 unspecified atom stereocenters. The number of hydrogen-bond donors (Lipinski definition) is 1. The van der Waals surface area contributed by atoms with Crippen molar-refractivity contribution in [3.05, 3.63) is 23.2 Å². The van der Waals surface area contributed by atoms with Crippen LogP contribution in [0.25, 0.3) is 0 Å². The van der Waals surface area contributed by atoms with Gasteiger partial charge in [0.15, 0.2) is 0 Å². The van der Waals surface area contributed by atoms with Gasteiger partial charge in [-0.05, 0) is 37.5 Å². The number of rotatable bonds is 1. The molecule has 94 valence electrons. The van der Waals surface area contributed by atoms with Crippen molar-refractivity contribution in [1.29, 1.82) is 0 Å². The maximum Gasteiger partial charge on any atom is 0.256 e. The van der Waals surface area contributed by atoms with E-state index in [9.17, 15) is 4.79 Å². The number of halogens is 1. The first-order valence-corrected chi connectivity index (χ1v) is 6.51. The minimum Gasteiger partial charge on any atom is -0.397 e. The third-order valence-corrected chi connectivity index (χ3v) is 3.77. The fraction of sp³-hybridized carbons (Fsp3) is 0.385. The number of nitrogen functional groups attached to an aromatic ring is 1. The second-order valence-electron chi connectivity index (χ2n) is 4.74. The second kappa shape index (κ2) is 4.28. The standard InChI is InChI=1S/C13H14ClN3O/c14-8-5-6-12(10(15)7-8)17-13(18)9-3-1-2-4-11(9)16-17/h5-7,9H,1-4,15H2. The van der Waals surface area contributed by atoms with Crippen LogP contribution >= 0.6 is 11.6 Å². The number of carbonyl (C=O) groups is 1. The minimum absolute atomic E-state index is 0.0335. The molecule has 0 saturated heterocycles. The maximum atomic E-state index is 12.3. The Morgan fingerprint density at radius 1 is 1.39 bits per heavy atom. The molecule has 1 aromatic carbocycles. The van der Waals surface area contributed by atoms with Gasteiger partial charge in [0.1, 0.15) is 0 Å². The molecule has 5 heteroatoms. The largest absolute Gasteiger partial charge is 0.397 e. The summed E-state index contributed by atoms with van der Waals surface area (Å²) in [7, 11) is 0. The molecular formula is C13H14ClN3O. The molecule has 0 spiro atoms. The van der Waals surface area contributed by atoms with Gasteiger partial charge in [-0.25, -0.2) is 0 Å². The van der Waals surface area contributed by atoms with Crippen molar-refractivity contribution in [2.75, 3.05) is 10.7 Å². The topological polar surface area (TPSA) is 58.7 Å². The van der Waals surface area contributed by atoms with Crippen molar-refractivity contribution in [2.45, 2.75) is 25.7 Å². The summed E-state index contributed by atoms with van der Waals surface area (Å²) >= 11 is 5.86. The molecule has 4 nitrogen and oxygen atoms in total. The number of anilines is 2. The third kappa shape index (κ3) is 1.77. The predicted octanol–water partition coefficient (Wildman–Crippen LogP) is 2.82. The molecule has 0 radical (unpaired) electrons. The Bertz CT molecular complexity index is 541. The molecule has 3 rings (SSSR count).